The maximum Gasteiger partial charge on any atom is 0.313 e. The minimum absolute atomic E-state index is 0.257. The summed E-state index contributed by atoms with van der Waals surface area (Å²) < 4.78 is 3.27. The first-order valence-electron chi connectivity index (χ1n) is 7.67. The van der Waals surface area contributed by atoms with Crippen molar-refractivity contribution >= 4 is 17.5 Å². The van der Waals surface area contributed by atoms with Crippen molar-refractivity contribution in [1.29, 1.82) is 0 Å². The monoisotopic (exact) mass is 338 g/mol. The van der Waals surface area contributed by atoms with Crippen LogP contribution in [0, 0.1) is 0 Å². The van der Waals surface area contributed by atoms with E-state index in [0.29, 0.717) is 5.69 Å². The van der Waals surface area contributed by atoms with Gasteiger partial charge in [-0.1, -0.05) is 18.2 Å². The molecule has 0 aliphatic carbocycles. The van der Waals surface area contributed by atoms with Crippen LogP contribution in [-0.4, -0.2) is 31.4 Å². The molecule has 0 fully saturated rings. The predicted octanol–water partition coefficient (Wildman–Crippen LogP) is 1.08. The lowest BCUT2D eigenvalue weighted by Crippen LogP contribution is -2.34. The molecule has 2 aromatic heterocycles. The number of rotatable bonds is 4. The molecule has 8 nitrogen and oxygen atoms in total. The van der Waals surface area contributed by atoms with Crippen molar-refractivity contribution in [2.24, 2.45) is 14.1 Å². The summed E-state index contributed by atoms with van der Waals surface area (Å²) in [5, 5.41) is 13.2. The van der Waals surface area contributed by atoms with Gasteiger partial charge in [0.1, 0.15) is 0 Å². The van der Waals surface area contributed by atoms with Gasteiger partial charge in [-0.2, -0.15) is 10.2 Å². The molecule has 0 saturated carbocycles. The Morgan fingerprint density at radius 3 is 2.44 bits per heavy atom. The number of amides is 2. The van der Waals surface area contributed by atoms with Gasteiger partial charge in [-0.05, 0) is 17.2 Å². The first-order valence-corrected chi connectivity index (χ1v) is 7.67. The van der Waals surface area contributed by atoms with Gasteiger partial charge < -0.3 is 10.6 Å². The first-order chi connectivity index (χ1) is 12.0. The van der Waals surface area contributed by atoms with E-state index in [9.17, 15) is 9.59 Å². The highest BCUT2D eigenvalue weighted by Crippen LogP contribution is 2.19. The van der Waals surface area contributed by atoms with Crippen LogP contribution in [0.5, 0.6) is 0 Å². The maximum atomic E-state index is 11.9. The van der Waals surface area contributed by atoms with Crippen molar-refractivity contribution in [3.8, 4) is 11.1 Å². The van der Waals surface area contributed by atoms with Gasteiger partial charge in [-0.25, -0.2) is 0 Å². The van der Waals surface area contributed by atoms with E-state index in [4.69, 9.17) is 0 Å². The number of hydrogen-bond acceptors (Lipinski definition) is 4. The Labute approximate surface area is 144 Å². The molecular formula is C17H18N6O2. The minimum atomic E-state index is -0.726. The Hall–Kier alpha value is -3.42. The standard InChI is InChI=1S/C17H18N6O2/c1-22-10-14(8-19-22)13-5-3-4-12(6-13)7-18-16(24)17(25)21-15-9-20-23(2)11-15/h3-6,8-11H,7H2,1-2H3,(H,18,24)(H,21,25). The molecule has 3 rings (SSSR count). The van der Waals surface area contributed by atoms with Gasteiger partial charge in [0, 0.05) is 38.6 Å². The highest BCUT2D eigenvalue weighted by molar-refractivity contribution is 6.39. The number of nitrogens with one attached hydrogen (secondary N) is 2. The Morgan fingerprint density at radius 2 is 1.76 bits per heavy atom. The molecule has 8 heteroatoms. The van der Waals surface area contributed by atoms with E-state index in [0.717, 1.165) is 16.7 Å². The second-order valence-corrected chi connectivity index (χ2v) is 5.64. The minimum Gasteiger partial charge on any atom is -0.344 e. The van der Waals surface area contributed by atoms with Crippen LogP contribution in [0.1, 0.15) is 5.56 Å². The number of benzene rings is 1. The molecule has 0 radical (unpaired) electrons. The van der Waals surface area contributed by atoms with Crippen molar-refractivity contribution in [2.75, 3.05) is 5.32 Å². The largest absolute Gasteiger partial charge is 0.344 e. The Balaban J connectivity index is 1.59. The number of anilines is 1. The number of carbonyl (C=O) groups is 2. The van der Waals surface area contributed by atoms with Crippen LogP contribution in [0.2, 0.25) is 0 Å². The Bertz CT molecular complexity index is 911. The van der Waals surface area contributed by atoms with E-state index in [-0.39, 0.29) is 6.54 Å². The van der Waals surface area contributed by atoms with Crippen LogP contribution in [0.25, 0.3) is 11.1 Å². The smallest absolute Gasteiger partial charge is 0.313 e. The summed E-state index contributed by atoms with van der Waals surface area (Å²) in [6.45, 7) is 0.257. The number of carbonyl (C=O) groups excluding carboxylic acids is 2. The zero-order valence-electron chi connectivity index (χ0n) is 13.9. The third-order valence-electron chi connectivity index (χ3n) is 3.59. The van der Waals surface area contributed by atoms with Gasteiger partial charge in [-0.15, -0.1) is 0 Å². The summed E-state index contributed by atoms with van der Waals surface area (Å²) in [5.41, 5.74) is 3.36. The highest BCUT2D eigenvalue weighted by atomic mass is 16.2. The zero-order valence-corrected chi connectivity index (χ0v) is 13.9. The Morgan fingerprint density at radius 1 is 1.00 bits per heavy atom. The molecule has 2 heterocycles. The van der Waals surface area contributed by atoms with Gasteiger partial charge in [0.15, 0.2) is 0 Å². The molecule has 0 aliphatic heterocycles. The molecule has 2 N–H and O–H groups in total. The molecule has 0 aliphatic rings. The average Bonchev–Trinajstić information content (AvgIpc) is 3.21. The predicted molar refractivity (Wildman–Crippen MR) is 92.3 cm³/mol. The molecule has 0 unspecified atom stereocenters. The maximum absolute atomic E-state index is 11.9. The van der Waals surface area contributed by atoms with Crippen molar-refractivity contribution < 1.29 is 9.59 Å². The van der Waals surface area contributed by atoms with Crippen LogP contribution in [0.3, 0.4) is 0 Å². The number of nitrogens with zero attached hydrogens (tertiary/aromatic N) is 4. The zero-order chi connectivity index (χ0) is 17.8. The molecule has 3 aromatic rings. The van der Waals surface area contributed by atoms with Gasteiger partial charge in [-0.3, -0.25) is 19.0 Å². The summed E-state index contributed by atoms with van der Waals surface area (Å²) in [5.74, 6) is -1.42. The lowest BCUT2D eigenvalue weighted by atomic mass is 10.1. The summed E-state index contributed by atoms with van der Waals surface area (Å²) in [6.07, 6.45) is 6.78. The van der Waals surface area contributed by atoms with Gasteiger partial charge in [0.05, 0.1) is 18.1 Å². The van der Waals surface area contributed by atoms with E-state index in [1.54, 1.807) is 24.1 Å². The van der Waals surface area contributed by atoms with E-state index in [1.807, 2.05) is 37.5 Å². The molecule has 25 heavy (non-hydrogen) atoms. The van der Waals surface area contributed by atoms with Crippen LogP contribution < -0.4 is 10.6 Å². The van der Waals surface area contributed by atoms with Gasteiger partial charge >= 0.3 is 11.8 Å². The lowest BCUT2D eigenvalue weighted by Gasteiger charge is -2.07. The molecule has 128 valence electrons. The fraction of sp³-hybridized carbons (Fsp3) is 0.176. The van der Waals surface area contributed by atoms with Crippen LogP contribution in [0.15, 0.2) is 49.1 Å². The van der Waals surface area contributed by atoms with Crippen molar-refractivity contribution in [2.45, 2.75) is 6.54 Å². The number of aromatic nitrogens is 4. The number of hydrogen-bond donors (Lipinski definition) is 2. The third-order valence-corrected chi connectivity index (χ3v) is 3.59. The number of aryl methyl sites for hydroxylation is 2. The molecule has 0 bridgehead atoms. The molecule has 1 aromatic carbocycles. The van der Waals surface area contributed by atoms with Crippen LogP contribution >= 0.6 is 0 Å². The second-order valence-electron chi connectivity index (χ2n) is 5.64. The van der Waals surface area contributed by atoms with E-state index < -0.39 is 11.8 Å². The van der Waals surface area contributed by atoms with Crippen LogP contribution in [-0.2, 0) is 30.2 Å². The van der Waals surface area contributed by atoms with E-state index in [2.05, 4.69) is 20.8 Å². The summed E-state index contributed by atoms with van der Waals surface area (Å²) in [4.78, 5) is 23.8. The normalized spacial score (nSPS) is 10.5. The van der Waals surface area contributed by atoms with E-state index in [1.165, 1.54) is 10.9 Å². The van der Waals surface area contributed by atoms with Gasteiger partial charge in [0.25, 0.3) is 0 Å². The SMILES string of the molecule is Cn1cc(NC(=O)C(=O)NCc2cccc(-c3cnn(C)c3)c2)cn1. The quantitative estimate of drug-likeness (QED) is 0.696. The first kappa shape index (κ1) is 16.4. The van der Waals surface area contributed by atoms with E-state index >= 15 is 0 Å². The van der Waals surface area contributed by atoms with Crippen molar-refractivity contribution in [3.05, 3.63) is 54.6 Å². The fourth-order valence-corrected chi connectivity index (χ4v) is 2.37. The summed E-state index contributed by atoms with van der Waals surface area (Å²) >= 11 is 0. The third kappa shape index (κ3) is 4.11. The fourth-order valence-electron chi connectivity index (χ4n) is 2.37. The second kappa shape index (κ2) is 7.00. The topological polar surface area (TPSA) is 93.8 Å². The molecule has 0 spiro atoms. The van der Waals surface area contributed by atoms with Crippen molar-refractivity contribution in [3.63, 3.8) is 0 Å². The average molecular weight is 338 g/mol. The highest BCUT2D eigenvalue weighted by Gasteiger charge is 2.14. The molecule has 0 saturated heterocycles. The molecule has 0 atom stereocenters. The summed E-state index contributed by atoms with van der Waals surface area (Å²) in [6, 6.07) is 7.71. The van der Waals surface area contributed by atoms with Crippen LogP contribution in [0.4, 0.5) is 5.69 Å². The van der Waals surface area contributed by atoms with Gasteiger partial charge in [0.2, 0.25) is 0 Å². The molecular weight excluding hydrogens is 320 g/mol. The Kier molecular flexibility index (Phi) is 4.60. The lowest BCUT2D eigenvalue weighted by molar-refractivity contribution is -0.136. The molecule has 2 amide bonds. The summed E-state index contributed by atoms with van der Waals surface area (Å²) in [7, 11) is 3.58. The van der Waals surface area contributed by atoms with Crippen molar-refractivity contribution in [1.82, 2.24) is 24.9 Å².